The Hall–Kier alpha value is -3.00. The molecule has 2 aromatic carbocycles. The van der Waals surface area contributed by atoms with E-state index in [9.17, 15) is 22.8 Å². The molecule has 2 aromatic rings. The van der Waals surface area contributed by atoms with Crippen LogP contribution in [0.3, 0.4) is 0 Å². The minimum Gasteiger partial charge on any atom is -0.449 e. The molecule has 0 saturated carbocycles. The van der Waals surface area contributed by atoms with E-state index in [0.29, 0.717) is 11.3 Å². The first-order chi connectivity index (χ1) is 12.6. The zero-order valence-electron chi connectivity index (χ0n) is 15.1. The molecule has 1 atom stereocenters. The molecule has 0 aliphatic rings. The van der Waals surface area contributed by atoms with Crippen LogP contribution < -0.4 is 5.32 Å². The van der Waals surface area contributed by atoms with Crippen LogP contribution in [0.4, 0.5) is 5.69 Å². The molecule has 2 rings (SSSR count). The van der Waals surface area contributed by atoms with Crippen LogP contribution in [0.2, 0.25) is 0 Å². The number of hydrogen-bond donors (Lipinski definition) is 1. The quantitative estimate of drug-likeness (QED) is 0.601. The fourth-order valence-corrected chi connectivity index (χ4v) is 2.88. The fourth-order valence-electron chi connectivity index (χ4n) is 2.25. The van der Waals surface area contributed by atoms with Crippen LogP contribution in [0.1, 0.15) is 34.6 Å². The van der Waals surface area contributed by atoms with E-state index in [2.05, 4.69) is 5.32 Å². The number of benzene rings is 2. The van der Waals surface area contributed by atoms with E-state index >= 15 is 0 Å². The molecule has 0 aliphatic heterocycles. The lowest BCUT2D eigenvalue weighted by atomic mass is 10.1. The summed E-state index contributed by atoms with van der Waals surface area (Å²) in [5, 5.41) is 2.56. The number of ether oxygens (including phenoxy) is 1. The van der Waals surface area contributed by atoms with Crippen molar-refractivity contribution in [1.82, 2.24) is 0 Å². The monoisotopic (exact) mass is 389 g/mol. The van der Waals surface area contributed by atoms with Crippen LogP contribution in [0.5, 0.6) is 0 Å². The Kier molecular flexibility index (Phi) is 6.12. The zero-order chi connectivity index (χ0) is 20.2. The normalized spacial score (nSPS) is 12.1. The number of hydrogen-bond acceptors (Lipinski definition) is 6. The molecule has 1 amide bonds. The lowest BCUT2D eigenvalue weighted by Gasteiger charge is -2.15. The summed E-state index contributed by atoms with van der Waals surface area (Å²) in [5.41, 5.74) is 0.794. The van der Waals surface area contributed by atoms with Crippen LogP contribution in [-0.2, 0) is 19.4 Å². The Bertz CT molecular complexity index is 980. The molecule has 0 spiro atoms. The van der Waals surface area contributed by atoms with Crippen LogP contribution >= 0.6 is 0 Å². The number of nitrogens with one attached hydrogen (secondary N) is 1. The van der Waals surface area contributed by atoms with Crippen molar-refractivity contribution < 1.29 is 27.5 Å². The van der Waals surface area contributed by atoms with Gasteiger partial charge in [0.1, 0.15) is 0 Å². The molecule has 1 N–H and O–H groups in total. The third-order valence-corrected chi connectivity index (χ3v) is 4.86. The van der Waals surface area contributed by atoms with Gasteiger partial charge in [-0.1, -0.05) is 12.1 Å². The van der Waals surface area contributed by atoms with Gasteiger partial charge in [0.25, 0.3) is 5.91 Å². The van der Waals surface area contributed by atoms with Crippen molar-refractivity contribution in [2.75, 3.05) is 11.6 Å². The number of para-hydroxylation sites is 1. The third kappa shape index (κ3) is 5.24. The van der Waals surface area contributed by atoms with E-state index in [-0.39, 0.29) is 16.2 Å². The second-order valence-corrected chi connectivity index (χ2v) is 7.95. The highest BCUT2D eigenvalue weighted by atomic mass is 32.2. The lowest BCUT2D eigenvalue weighted by molar-refractivity contribution is -0.123. The first-order valence-corrected chi connectivity index (χ1v) is 9.90. The highest BCUT2D eigenvalue weighted by Crippen LogP contribution is 2.17. The molecule has 0 bridgehead atoms. The number of ketones is 1. The maximum Gasteiger partial charge on any atom is 0.338 e. The molecule has 0 aliphatic carbocycles. The van der Waals surface area contributed by atoms with Crippen LogP contribution in [0.25, 0.3) is 0 Å². The predicted molar refractivity (Wildman–Crippen MR) is 99.5 cm³/mol. The largest absolute Gasteiger partial charge is 0.449 e. The van der Waals surface area contributed by atoms with Gasteiger partial charge in [-0.2, -0.15) is 0 Å². The van der Waals surface area contributed by atoms with Gasteiger partial charge in [0.05, 0.1) is 16.1 Å². The van der Waals surface area contributed by atoms with Gasteiger partial charge in [0, 0.05) is 11.8 Å². The number of anilines is 1. The van der Waals surface area contributed by atoms with Gasteiger partial charge >= 0.3 is 5.97 Å². The van der Waals surface area contributed by atoms with E-state index in [4.69, 9.17) is 4.74 Å². The highest BCUT2D eigenvalue weighted by Gasteiger charge is 2.21. The molecule has 0 aromatic heterocycles. The molecule has 0 heterocycles. The standard InChI is InChI=1S/C19H19NO6S/c1-12(21)16-6-4-5-7-17(16)20-18(22)13(2)26-19(23)14-8-10-15(11-9-14)27(3,24)25/h4-11,13H,1-3H3,(H,20,22)/t13-/m1/s1. The van der Waals surface area contributed by atoms with Gasteiger partial charge in [0.15, 0.2) is 21.7 Å². The van der Waals surface area contributed by atoms with Crippen molar-refractivity contribution in [3.63, 3.8) is 0 Å². The Morgan fingerprint density at radius 1 is 1.00 bits per heavy atom. The summed E-state index contributed by atoms with van der Waals surface area (Å²) in [5.74, 6) is -1.57. The second-order valence-electron chi connectivity index (χ2n) is 5.94. The summed E-state index contributed by atoms with van der Waals surface area (Å²) in [6.07, 6.45) is -0.0573. The number of amides is 1. The summed E-state index contributed by atoms with van der Waals surface area (Å²) in [6.45, 7) is 2.78. The molecular formula is C19H19NO6S. The zero-order valence-corrected chi connectivity index (χ0v) is 15.9. The van der Waals surface area contributed by atoms with Crippen molar-refractivity contribution in [3.05, 3.63) is 59.7 Å². The van der Waals surface area contributed by atoms with Gasteiger partial charge in [0.2, 0.25) is 0 Å². The van der Waals surface area contributed by atoms with Gasteiger partial charge in [-0.15, -0.1) is 0 Å². The van der Waals surface area contributed by atoms with E-state index in [0.717, 1.165) is 6.26 Å². The van der Waals surface area contributed by atoms with Gasteiger partial charge in [-0.05, 0) is 50.2 Å². The molecular weight excluding hydrogens is 370 g/mol. The minimum atomic E-state index is -3.37. The van der Waals surface area contributed by atoms with E-state index in [1.54, 1.807) is 24.3 Å². The number of Topliss-reactive ketones (excluding diaryl/α,β-unsaturated/α-hetero) is 1. The van der Waals surface area contributed by atoms with Crippen LogP contribution in [0.15, 0.2) is 53.4 Å². The highest BCUT2D eigenvalue weighted by molar-refractivity contribution is 7.90. The summed E-state index contributed by atoms with van der Waals surface area (Å²) in [7, 11) is -3.37. The fraction of sp³-hybridized carbons (Fsp3) is 0.211. The first-order valence-electron chi connectivity index (χ1n) is 8.01. The topological polar surface area (TPSA) is 107 Å². The van der Waals surface area contributed by atoms with E-state index < -0.39 is 27.8 Å². The smallest absolute Gasteiger partial charge is 0.338 e. The number of rotatable bonds is 6. The van der Waals surface area contributed by atoms with Crippen molar-refractivity contribution in [2.45, 2.75) is 24.8 Å². The molecule has 27 heavy (non-hydrogen) atoms. The summed E-state index contributed by atoms with van der Waals surface area (Å²) in [4.78, 5) is 36.1. The maximum absolute atomic E-state index is 12.3. The molecule has 0 radical (unpaired) electrons. The Balaban J connectivity index is 2.06. The van der Waals surface area contributed by atoms with Crippen molar-refractivity contribution in [1.29, 1.82) is 0 Å². The minimum absolute atomic E-state index is 0.0747. The third-order valence-electron chi connectivity index (χ3n) is 3.74. The van der Waals surface area contributed by atoms with Gasteiger partial charge in [-0.3, -0.25) is 9.59 Å². The lowest BCUT2D eigenvalue weighted by Crippen LogP contribution is -2.30. The molecule has 8 heteroatoms. The maximum atomic E-state index is 12.3. The summed E-state index contributed by atoms with van der Waals surface area (Å²) in [6, 6.07) is 11.7. The Labute approximate surface area is 157 Å². The predicted octanol–water partition coefficient (Wildman–Crippen LogP) is 2.48. The molecule has 7 nitrogen and oxygen atoms in total. The summed E-state index contributed by atoms with van der Waals surface area (Å²) >= 11 is 0. The molecule has 0 saturated heterocycles. The van der Waals surface area contributed by atoms with Crippen molar-refractivity contribution in [3.8, 4) is 0 Å². The van der Waals surface area contributed by atoms with Gasteiger partial charge < -0.3 is 10.1 Å². The molecule has 0 unspecified atom stereocenters. The van der Waals surface area contributed by atoms with Crippen LogP contribution in [-0.4, -0.2) is 38.4 Å². The van der Waals surface area contributed by atoms with E-state index in [1.807, 2.05) is 0 Å². The molecule has 142 valence electrons. The van der Waals surface area contributed by atoms with Crippen molar-refractivity contribution in [2.24, 2.45) is 0 Å². The van der Waals surface area contributed by atoms with Crippen LogP contribution in [0, 0.1) is 0 Å². The average Bonchev–Trinajstić information content (AvgIpc) is 2.61. The average molecular weight is 389 g/mol. The number of carbonyl (C=O) groups excluding carboxylic acids is 3. The second kappa shape index (κ2) is 8.13. The first kappa shape index (κ1) is 20.3. The van der Waals surface area contributed by atoms with E-state index in [1.165, 1.54) is 38.1 Å². The Morgan fingerprint density at radius 3 is 2.15 bits per heavy atom. The molecule has 0 fully saturated rings. The SMILES string of the molecule is CC(=O)c1ccccc1NC(=O)[C@@H](C)OC(=O)c1ccc(S(C)(=O)=O)cc1. The van der Waals surface area contributed by atoms with Gasteiger partial charge in [-0.25, -0.2) is 13.2 Å². The number of sulfone groups is 1. The number of carbonyl (C=O) groups is 3. The Morgan fingerprint density at radius 2 is 1.59 bits per heavy atom. The van der Waals surface area contributed by atoms with Crippen molar-refractivity contribution >= 4 is 33.2 Å². The number of esters is 1. The summed E-state index contributed by atoms with van der Waals surface area (Å²) < 4.78 is 28.0.